The van der Waals surface area contributed by atoms with Crippen LogP contribution >= 0.6 is 0 Å². The van der Waals surface area contributed by atoms with E-state index in [1.54, 1.807) is 0 Å². The fourth-order valence-electron chi connectivity index (χ4n) is 2.93. The van der Waals surface area contributed by atoms with E-state index >= 15 is 0 Å². The number of rotatable bonds is 9. The Kier molecular flexibility index (Phi) is 13.8. The number of carbonyl (C=O) groups is 1. The van der Waals surface area contributed by atoms with Crippen LogP contribution in [0, 0.1) is 17.8 Å². The summed E-state index contributed by atoms with van der Waals surface area (Å²) in [6, 6.07) is 0. The lowest BCUT2D eigenvalue weighted by Gasteiger charge is -2.29. The van der Waals surface area contributed by atoms with Gasteiger partial charge in [-0.3, -0.25) is 0 Å². The first-order valence-corrected chi connectivity index (χ1v) is 10.5. The lowest BCUT2D eigenvalue weighted by Crippen LogP contribution is -2.36. The van der Waals surface area contributed by atoms with Crippen molar-refractivity contribution in [2.45, 2.75) is 79.8 Å². The first-order chi connectivity index (χ1) is 12.3. The minimum atomic E-state index is -0.427. The molecule has 1 aliphatic carbocycles. The fourth-order valence-corrected chi connectivity index (χ4v) is 2.93. The Balaban J connectivity index is 0.00000301. The minimum absolute atomic E-state index is 0.304. The summed E-state index contributed by atoms with van der Waals surface area (Å²) in [5.74, 6) is 1.93. The van der Waals surface area contributed by atoms with Gasteiger partial charge in [0.1, 0.15) is 5.60 Å². The highest BCUT2D eigenvalue weighted by Crippen LogP contribution is 2.28. The second-order valence-electron chi connectivity index (χ2n) is 8.44. The zero-order valence-corrected chi connectivity index (χ0v) is 18.3. The maximum Gasteiger partial charge on any atom is 0.407 e. The first kappa shape index (κ1) is 25.2. The van der Waals surface area contributed by atoms with Gasteiger partial charge in [-0.2, -0.15) is 0 Å². The molecule has 0 heterocycles. The number of hydrogen-bond donors (Lipinski definition) is 2. The maximum atomic E-state index is 11.7. The van der Waals surface area contributed by atoms with Crippen LogP contribution < -0.4 is 10.6 Å². The SMILES string of the molecule is CC.CC(C)CNCCOCC1CCC(CNC(=O)OC(C)(C)C)CC1. The molecule has 0 atom stereocenters. The molecule has 2 N–H and O–H groups in total. The zero-order valence-electron chi connectivity index (χ0n) is 18.3. The van der Waals surface area contributed by atoms with E-state index in [1.807, 2.05) is 34.6 Å². The highest BCUT2D eigenvalue weighted by atomic mass is 16.6. The molecule has 0 radical (unpaired) electrons. The molecule has 0 bridgehead atoms. The Morgan fingerprint density at radius 2 is 1.65 bits per heavy atom. The van der Waals surface area contributed by atoms with Gasteiger partial charge in [0.25, 0.3) is 0 Å². The molecule has 156 valence electrons. The Morgan fingerprint density at radius 1 is 1.08 bits per heavy atom. The van der Waals surface area contributed by atoms with E-state index in [-0.39, 0.29) is 6.09 Å². The van der Waals surface area contributed by atoms with Crippen molar-refractivity contribution >= 4 is 6.09 Å². The summed E-state index contributed by atoms with van der Waals surface area (Å²) < 4.78 is 11.1. The number of nitrogens with one attached hydrogen (secondary N) is 2. The molecule has 1 amide bonds. The highest BCUT2D eigenvalue weighted by Gasteiger charge is 2.23. The summed E-state index contributed by atoms with van der Waals surface area (Å²) in [5, 5.41) is 6.29. The second kappa shape index (κ2) is 14.3. The lowest BCUT2D eigenvalue weighted by molar-refractivity contribution is 0.0501. The van der Waals surface area contributed by atoms with Crippen molar-refractivity contribution in [1.29, 1.82) is 0 Å². The van der Waals surface area contributed by atoms with Crippen LogP contribution in [0.1, 0.15) is 74.1 Å². The van der Waals surface area contributed by atoms with Crippen LogP contribution in [0.15, 0.2) is 0 Å². The molecule has 0 aromatic heterocycles. The van der Waals surface area contributed by atoms with Gasteiger partial charge in [0.2, 0.25) is 0 Å². The average Bonchev–Trinajstić information content (AvgIpc) is 2.57. The Bertz CT molecular complexity index is 346. The van der Waals surface area contributed by atoms with Crippen molar-refractivity contribution in [2.24, 2.45) is 17.8 Å². The molecule has 0 aliphatic heterocycles. The smallest absolute Gasteiger partial charge is 0.407 e. The lowest BCUT2D eigenvalue weighted by atomic mass is 9.82. The molecule has 0 spiro atoms. The molecule has 0 unspecified atom stereocenters. The largest absolute Gasteiger partial charge is 0.444 e. The highest BCUT2D eigenvalue weighted by molar-refractivity contribution is 5.67. The monoisotopic (exact) mass is 372 g/mol. The standard InChI is InChI=1S/C19H38N2O3.C2H6/c1-15(2)12-20-10-11-23-14-17-8-6-16(7-9-17)13-21-18(22)24-19(3,4)5;1-2/h15-17,20H,6-14H2,1-5H3,(H,21,22);1-2H3. The average molecular weight is 373 g/mol. The molecule has 1 rings (SSSR count). The van der Waals surface area contributed by atoms with Crippen LogP contribution in [-0.2, 0) is 9.47 Å². The summed E-state index contributed by atoms with van der Waals surface area (Å²) in [6.45, 7) is 18.5. The van der Waals surface area contributed by atoms with E-state index in [0.29, 0.717) is 17.8 Å². The number of amides is 1. The van der Waals surface area contributed by atoms with Crippen LogP contribution in [0.25, 0.3) is 0 Å². The summed E-state index contributed by atoms with van der Waals surface area (Å²) in [7, 11) is 0. The molecule has 0 aromatic rings. The molecule has 0 saturated heterocycles. The third-order valence-corrected chi connectivity index (χ3v) is 4.23. The molecule has 1 aliphatic rings. The van der Waals surface area contributed by atoms with E-state index in [2.05, 4.69) is 24.5 Å². The van der Waals surface area contributed by atoms with Gasteiger partial charge in [-0.1, -0.05) is 27.7 Å². The predicted octanol–water partition coefficient (Wildman–Crippen LogP) is 4.61. The molecule has 26 heavy (non-hydrogen) atoms. The summed E-state index contributed by atoms with van der Waals surface area (Å²) in [5.41, 5.74) is -0.427. The maximum absolute atomic E-state index is 11.7. The molecule has 5 nitrogen and oxygen atoms in total. The van der Waals surface area contributed by atoms with Gasteiger partial charge in [0, 0.05) is 19.7 Å². The first-order valence-electron chi connectivity index (χ1n) is 10.5. The number of hydrogen-bond acceptors (Lipinski definition) is 4. The quantitative estimate of drug-likeness (QED) is 0.580. The Hall–Kier alpha value is -0.810. The van der Waals surface area contributed by atoms with Gasteiger partial charge in [-0.05, 0) is 70.8 Å². The summed E-state index contributed by atoms with van der Waals surface area (Å²) >= 11 is 0. The van der Waals surface area contributed by atoms with E-state index < -0.39 is 5.60 Å². The van der Waals surface area contributed by atoms with Crippen molar-refractivity contribution < 1.29 is 14.3 Å². The van der Waals surface area contributed by atoms with Crippen molar-refractivity contribution in [1.82, 2.24) is 10.6 Å². The van der Waals surface area contributed by atoms with Crippen LogP contribution in [0.2, 0.25) is 0 Å². The van der Waals surface area contributed by atoms with Crippen molar-refractivity contribution in [2.75, 3.05) is 32.8 Å². The minimum Gasteiger partial charge on any atom is -0.444 e. The van der Waals surface area contributed by atoms with Crippen LogP contribution in [-0.4, -0.2) is 44.5 Å². The van der Waals surface area contributed by atoms with E-state index in [1.165, 1.54) is 12.8 Å². The summed E-state index contributed by atoms with van der Waals surface area (Å²) in [4.78, 5) is 11.7. The second-order valence-corrected chi connectivity index (χ2v) is 8.44. The number of alkyl carbamates (subject to hydrolysis) is 1. The van der Waals surface area contributed by atoms with Crippen molar-refractivity contribution in [3.63, 3.8) is 0 Å². The van der Waals surface area contributed by atoms with Gasteiger partial charge in [0.15, 0.2) is 0 Å². The van der Waals surface area contributed by atoms with Crippen molar-refractivity contribution in [3.05, 3.63) is 0 Å². The Labute approximate surface area is 162 Å². The Morgan fingerprint density at radius 3 is 2.19 bits per heavy atom. The number of carbonyl (C=O) groups excluding carboxylic acids is 1. The van der Waals surface area contributed by atoms with Gasteiger partial charge in [0.05, 0.1) is 6.61 Å². The van der Waals surface area contributed by atoms with E-state index in [9.17, 15) is 4.79 Å². The summed E-state index contributed by atoms with van der Waals surface area (Å²) in [6.07, 6.45) is 4.41. The van der Waals surface area contributed by atoms with Gasteiger partial charge in [-0.25, -0.2) is 4.79 Å². The third kappa shape index (κ3) is 14.4. The van der Waals surface area contributed by atoms with Gasteiger partial charge in [-0.15, -0.1) is 0 Å². The van der Waals surface area contributed by atoms with Crippen LogP contribution in [0.3, 0.4) is 0 Å². The zero-order chi connectivity index (χ0) is 20.0. The normalized spacial score (nSPS) is 20.3. The predicted molar refractivity (Wildman–Crippen MR) is 110 cm³/mol. The van der Waals surface area contributed by atoms with E-state index in [4.69, 9.17) is 9.47 Å². The van der Waals surface area contributed by atoms with Gasteiger partial charge < -0.3 is 20.1 Å². The number of ether oxygens (including phenoxy) is 2. The van der Waals surface area contributed by atoms with Crippen LogP contribution in [0.4, 0.5) is 4.79 Å². The molecular formula is C21H44N2O3. The molecule has 0 aromatic carbocycles. The van der Waals surface area contributed by atoms with E-state index in [0.717, 1.165) is 45.7 Å². The molecule has 5 heteroatoms. The molecular weight excluding hydrogens is 328 g/mol. The molecule has 1 fully saturated rings. The van der Waals surface area contributed by atoms with Gasteiger partial charge >= 0.3 is 6.09 Å². The fraction of sp³-hybridized carbons (Fsp3) is 0.952. The molecule has 1 saturated carbocycles. The topological polar surface area (TPSA) is 59.6 Å². The van der Waals surface area contributed by atoms with Crippen molar-refractivity contribution in [3.8, 4) is 0 Å². The third-order valence-electron chi connectivity index (χ3n) is 4.23. The van der Waals surface area contributed by atoms with Crippen LogP contribution in [0.5, 0.6) is 0 Å².